The molecule has 4 nitrogen and oxygen atoms in total. The quantitative estimate of drug-likeness (QED) is 0.900. The number of rotatable bonds is 5. The van der Waals surface area contributed by atoms with Gasteiger partial charge < -0.3 is 9.64 Å². The number of likely N-dealkylation sites (N-methyl/N-ethyl adjacent to an activating group) is 1. The summed E-state index contributed by atoms with van der Waals surface area (Å²) in [4.78, 5) is 2.34. The van der Waals surface area contributed by atoms with Crippen LogP contribution in [0.4, 0.5) is 4.39 Å². The molecule has 19 heavy (non-hydrogen) atoms. The van der Waals surface area contributed by atoms with E-state index >= 15 is 0 Å². The van der Waals surface area contributed by atoms with E-state index in [9.17, 15) is 4.39 Å². The number of nitrogens with zero attached hydrogens (tertiary/aromatic N) is 2. The Morgan fingerprint density at radius 3 is 2.95 bits per heavy atom. The predicted molar refractivity (Wildman–Crippen MR) is 72.0 cm³/mol. The molecule has 1 N–H and O–H groups in total. The molecule has 5 heteroatoms. The highest BCUT2D eigenvalue weighted by molar-refractivity contribution is 5.88. The monoisotopic (exact) mass is 263 g/mol. The first-order valence-electron chi connectivity index (χ1n) is 6.60. The molecule has 1 aliphatic rings. The van der Waals surface area contributed by atoms with Crippen molar-refractivity contribution in [1.29, 1.82) is 0 Å². The number of H-pyrrole nitrogens is 1. The zero-order valence-corrected chi connectivity index (χ0v) is 11.2. The van der Waals surface area contributed by atoms with E-state index in [0.29, 0.717) is 0 Å². The van der Waals surface area contributed by atoms with Gasteiger partial charge >= 0.3 is 0 Å². The van der Waals surface area contributed by atoms with Crippen molar-refractivity contribution in [2.45, 2.75) is 25.3 Å². The summed E-state index contributed by atoms with van der Waals surface area (Å²) in [5.41, 5.74) is 1.70. The lowest BCUT2D eigenvalue weighted by atomic mass is 10.1. The van der Waals surface area contributed by atoms with Gasteiger partial charge in [-0.2, -0.15) is 5.10 Å². The second kappa shape index (κ2) is 4.81. The van der Waals surface area contributed by atoms with Crippen LogP contribution in [-0.4, -0.2) is 41.8 Å². The number of ether oxygens (including phenoxy) is 1. The first-order valence-corrected chi connectivity index (χ1v) is 6.60. The van der Waals surface area contributed by atoms with Crippen molar-refractivity contribution in [1.82, 2.24) is 15.1 Å². The Labute approximate surface area is 111 Å². The summed E-state index contributed by atoms with van der Waals surface area (Å²) < 4.78 is 18.9. The molecule has 0 unspecified atom stereocenters. The Hall–Kier alpha value is -1.62. The maximum atomic E-state index is 13.7. The van der Waals surface area contributed by atoms with E-state index in [0.717, 1.165) is 35.6 Å². The van der Waals surface area contributed by atoms with Crippen molar-refractivity contribution in [2.75, 3.05) is 20.7 Å². The third kappa shape index (κ3) is 2.30. The smallest absolute Gasteiger partial charge is 0.165 e. The Balaban J connectivity index is 1.88. The summed E-state index contributed by atoms with van der Waals surface area (Å²) in [5.74, 6) is -0.0523. The number of methoxy groups -OCH3 is 1. The third-order valence-electron chi connectivity index (χ3n) is 3.79. The minimum Gasteiger partial charge on any atom is -0.493 e. The van der Waals surface area contributed by atoms with Crippen LogP contribution in [-0.2, 0) is 6.42 Å². The standard InChI is InChI=1S/C14H18FN3O/c1-18(9-3-4-9)8-7-12-13-11(16-17-12)6-5-10(15)14(13)19-2/h5-6,9H,3-4,7-8H2,1-2H3,(H,16,17). The number of hydrogen-bond donors (Lipinski definition) is 1. The largest absolute Gasteiger partial charge is 0.493 e. The Bertz CT molecular complexity index is 592. The molecule has 2 aromatic rings. The Morgan fingerprint density at radius 2 is 2.26 bits per heavy atom. The van der Waals surface area contributed by atoms with E-state index in [-0.39, 0.29) is 11.6 Å². The van der Waals surface area contributed by atoms with Crippen LogP contribution in [0.1, 0.15) is 18.5 Å². The number of nitrogens with one attached hydrogen (secondary N) is 1. The molecule has 1 saturated carbocycles. The number of fused-ring (bicyclic) bond motifs is 1. The number of aromatic nitrogens is 2. The zero-order valence-electron chi connectivity index (χ0n) is 11.2. The summed E-state index contributed by atoms with van der Waals surface area (Å²) in [5, 5.41) is 8.01. The van der Waals surface area contributed by atoms with Crippen LogP contribution < -0.4 is 4.74 Å². The fourth-order valence-corrected chi connectivity index (χ4v) is 2.48. The highest BCUT2D eigenvalue weighted by Crippen LogP contribution is 2.31. The van der Waals surface area contributed by atoms with Crippen molar-refractivity contribution in [3.63, 3.8) is 0 Å². The van der Waals surface area contributed by atoms with Crippen LogP contribution in [0.5, 0.6) is 5.75 Å². The molecule has 102 valence electrons. The topological polar surface area (TPSA) is 41.1 Å². The Kier molecular flexibility index (Phi) is 3.14. The molecule has 0 bridgehead atoms. The molecule has 0 aliphatic heterocycles. The lowest BCUT2D eigenvalue weighted by molar-refractivity contribution is 0.327. The maximum absolute atomic E-state index is 13.7. The molecular formula is C14H18FN3O. The number of aromatic amines is 1. The van der Waals surface area contributed by atoms with E-state index in [2.05, 4.69) is 22.1 Å². The van der Waals surface area contributed by atoms with Gasteiger partial charge in [0.25, 0.3) is 0 Å². The molecule has 0 radical (unpaired) electrons. The number of hydrogen-bond acceptors (Lipinski definition) is 3. The molecule has 1 aromatic carbocycles. The zero-order chi connectivity index (χ0) is 13.4. The molecule has 1 heterocycles. The van der Waals surface area contributed by atoms with Gasteiger partial charge in [0.2, 0.25) is 0 Å². The van der Waals surface area contributed by atoms with Gasteiger partial charge in [0.05, 0.1) is 23.7 Å². The highest BCUT2D eigenvalue weighted by Gasteiger charge is 2.26. The van der Waals surface area contributed by atoms with Gasteiger partial charge in [0, 0.05) is 19.0 Å². The fourth-order valence-electron chi connectivity index (χ4n) is 2.48. The van der Waals surface area contributed by atoms with Gasteiger partial charge in [-0.05, 0) is 32.0 Å². The van der Waals surface area contributed by atoms with Crippen molar-refractivity contribution in [3.05, 3.63) is 23.6 Å². The van der Waals surface area contributed by atoms with Crippen LogP contribution in [0.2, 0.25) is 0 Å². The van der Waals surface area contributed by atoms with Gasteiger partial charge in [-0.3, -0.25) is 5.10 Å². The van der Waals surface area contributed by atoms with Gasteiger partial charge in [-0.25, -0.2) is 4.39 Å². The highest BCUT2D eigenvalue weighted by atomic mass is 19.1. The molecule has 0 saturated heterocycles. The van der Waals surface area contributed by atoms with Crippen molar-refractivity contribution in [2.24, 2.45) is 0 Å². The van der Waals surface area contributed by atoms with Crippen LogP contribution in [0, 0.1) is 5.82 Å². The van der Waals surface area contributed by atoms with Crippen LogP contribution in [0.3, 0.4) is 0 Å². The van der Waals surface area contributed by atoms with Crippen LogP contribution in [0.15, 0.2) is 12.1 Å². The van der Waals surface area contributed by atoms with E-state index in [1.165, 1.54) is 26.0 Å². The average molecular weight is 263 g/mol. The molecule has 0 atom stereocenters. The van der Waals surface area contributed by atoms with E-state index < -0.39 is 0 Å². The van der Waals surface area contributed by atoms with Crippen LogP contribution in [0.25, 0.3) is 10.9 Å². The summed E-state index contributed by atoms with van der Waals surface area (Å²) in [7, 11) is 3.62. The van der Waals surface area contributed by atoms with Crippen molar-refractivity contribution >= 4 is 10.9 Å². The fraction of sp³-hybridized carbons (Fsp3) is 0.500. The summed E-state index contributed by atoms with van der Waals surface area (Å²) in [6.07, 6.45) is 3.37. The van der Waals surface area contributed by atoms with Crippen LogP contribution >= 0.6 is 0 Å². The minimum absolute atomic E-state index is 0.287. The van der Waals surface area contributed by atoms with Gasteiger partial charge in [0.1, 0.15) is 0 Å². The second-order valence-electron chi connectivity index (χ2n) is 5.14. The Morgan fingerprint density at radius 1 is 1.47 bits per heavy atom. The summed E-state index contributed by atoms with van der Waals surface area (Å²) >= 11 is 0. The average Bonchev–Trinajstić information content (AvgIpc) is 3.18. The summed E-state index contributed by atoms with van der Waals surface area (Å²) in [6, 6.07) is 3.83. The molecular weight excluding hydrogens is 245 g/mol. The van der Waals surface area contributed by atoms with E-state index in [4.69, 9.17) is 4.74 Å². The first kappa shape index (κ1) is 12.4. The third-order valence-corrected chi connectivity index (χ3v) is 3.79. The molecule has 3 rings (SSSR count). The molecule has 1 aliphatic carbocycles. The lowest BCUT2D eigenvalue weighted by Crippen LogP contribution is -2.23. The lowest BCUT2D eigenvalue weighted by Gasteiger charge is -2.14. The second-order valence-corrected chi connectivity index (χ2v) is 5.14. The molecule has 0 amide bonds. The summed E-state index contributed by atoms with van der Waals surface area (Å²) in [6.45, 7) is 0.935. The van der Waals surface area contributed by atoms with Crippen molar-refractivity contribution in [3.8, 4) is 5.75 Å². The SMILES string of the molecule is COc1c(F)ccc2[nH]nc(CCN(C)C3CC3)c12. The minimum atomic E-state index is -0.340. The number of benzene rings is 1. The van der Waals surface area contributed by atoms with Gasteiger partial charge in [-0.15, -0.1) is 0 Å². The van der Waals surface area contributed by atoms with Gasteiger partial charge in [0.15, 0.2) is 11.6 Å². The van der Waals surface area contributed by atoms with E-state index in [1.54, 1.807) is 6.07 Å². The molecule has 0 spiro atoms. The normalized spacial score (nSPS) is 15.4. The maximum Gasteiger partial charge on any atom is 0.165 e. The first-order chi connectivity index (χ1) is 9.20. The molecule has 1 fully saturated rings. The number of halogens is 1. The molecule has 1 aromatic heterocycles. The predicted octanol–water partition coefficient (Wildman–Crippen LogP) is 2.35. The van der Waals surface area contributed by atoms with E-state index in [1.807, 2.05) is 0 Å². The van der Waals surface area contributed by atoms with Crippen molar-refractivity contribution < 1.29 is 9.13 Å². The van der Waals surface area contributed by atoms with Gasteiger partial charge in [-0.1, -0.05) is 0 Å².